The lowest BCUT2D eigenvalue weighted by atomic mass is 10.2. The molecular weight excluding hydrogens is 158 g/mol. The molecule has 60 valence electrons. The van der Waals surface area contributed by atoms with Gasteiger partial charge in [0.25, 0.3) is 0 Å². The van der Waals surface area contributed by atoms with E-state index in [1.165, 1.54) is 17.7 Å². The number of hydrogen-bond donors (Lipinski definition) is 1. The van der Waals surface area contributed by atoms with Gasteiger partial charge in [0.05, 0.1) is 0 Å². The predicted molar refractivity (Wildman–Crippen MR) is 44.5 cm³/mol. The highest BCUT2D eigenvalue weighted by Gasteiger charge is 2.32. The van der Waals surface area contributed by atoms with Gasteiger partial charge in [-0.15, -0.1) is 11.3 Å². The Morgan fingerprint density at radius 3 is 2.91 bits per heavy atom. The van der Waals surface area contributed by atoms with Gasteiger partial charge in [0.15, 0.2) is 0 Å². The number of thiazole rings is 1. The first-order valence-electron chi connectivity index (χ1n) is 3.88. The van der Waals surface area contributed by atoms with E-state index in [0.29, 0.717) is 5.92 Å². The van der Waals surface area contributed by atoms with Crippen molar-refractivity contribution >= 4 is 11.3 Å². The van der Waals surface area contributed by atoms with Crippen molar-refractivity contribution in [2.45, 2.75) is 25.9 Å². The lowest BCUT2D eigenvalue weighted by Crippen LogP contribution is -1.97. The van der Waals surface area contributed by atoms with E-state index < -0.39 is 0 Å². The SMILES string of the molecule is Cc1cnc(C(O)C2CC2)s1. The van der Waals surface area contributed by atoms with E-state index in [-0.39, 0.29) is 6.10 Å². The van der Waals surface area contributed by atoms with Gasteiger partial charge in [0, 0.05) is 11.1 Å². The summed E-state index contributed by atoms with van der Waals surface area (Å²) in [6.07, 6.45) is 3.87. The van der Waals surface area contributed by atoms with Gasteiger partial charge in [-0.05, 0) is 25.7 Å². The zero-order valence-corrected chi connectivity index (χ0v) is 7.27. The van der Waals surface area contributed by atoms with E-state index in [9.17, 15) is 5.11 Å². The Hall–Kier alpha value is -0.410. The molecule has 0 bridgehead atoms. The standard InChI is InChI=1S/C8H11NOS/c1-5-4-9-8(11-5)7(10)6-2-3-6/h4,6-7,10H,2-3H2,1H3. The first kappa shape index (κ1) is 7.25. The number of nitrogens with zero attached hydrogens (tertiary/aromatic N) is 1. The minimum absolute atomic E-state index is 0.284. The zero-order chi connectivity index (χ0) is 7.84. The first-order valence-corrected chi connectivity index (χ1v) is 4.69. The fraction of sp³-hybridized carbons (Fsp3) is 0.625. The average molecular weight is 169 g/mol. The van der Waals surface area contributed by atoms with E-state index >= 15 is 0 Å². The molecule has 1 heterocycles. The molecule has 0 aromatic carbocycles. The van der Waals surface area contributed by atoms with Crippen LogP contribution in [-0.2, 0) is 0 Å². The molecule has 0 saturated heterocycles. The molecule has 2 nitrogen and oxygen atoms in total. The van der Waals surface area contributed by atoms with Crippen LogP contribution in [0.15, 0.2) is 6.20 Å². The van der Waals surface area contributed by atoms with Gasteiger partial charge in [0.2, 0.25) is 0 Å². The maximum atomic E-state index is 9.62. The van der Waals surface area contributed by atoms with Crippen molar-refractivity contribution < 1.29 is 5.11 Å². The highest BCUT2D eigenvalue weighted by Crippen LogP contribution is 2.41. The highest BCUT2D eigenvalue weighted by molar-refractivity contribution is 7.11. The van der Waals surface area contributed by atoms with Gasteiger partial charge in [0.1, 0.15) is 11.1 Å². The molecule has 3 heteroatoms. The monoisotopic (exact) mass is 169 g/mol. The third-order valence-corrected chi connectivity index (χ3v) is 2.94. The molecule has 11 heavy (non-hydrogen) atoms. The largest absolute Gasteiger partial charge is 0.386 e. The normalized spacial score (nSPS) is 20.2. The van der Waals surface area contributed by atoms with Gasteiger partial charge in [-0.25, -0.2) is 4.98 Å². The Morgan fingerprint density at radius 2 is 2.45 bits per heavy atom. The Bertz CT molecular complexity index is 254. The second kappa shape index (κ2) is 2.57. The molecule has 1 aliphatic rings. The van der Waals surface area contributed by atoms with Crippen LogP contribution < -0.4 is 0 Å². The van der Waals surface area contributed by atoms with Gasteiger partial charge >= 0.3 is 0 Å². The summed E-state index contributed by atoms with van der Waals surface area (Å²) in [5.41, 5.74) is 0. The summed E-state index contributed by atoms with van der Waals surface area (Å²) in [4.78, 5) is 5.33. The second-order valence-corrected chi connectivity index (χ2v) is 4.36. The number of aliphatic hydroxyl groups excluding tert-OH is 1. The molecule has 1 aromatic heterocycles. The lowest BCUT2D eigenvalue weighted by molar-refractivity contribution is 0.153. The summed E-state index contributed by atoms with van der Waals surface area (Å²) in [5, 5.41) is 10.5. The molecule has 1 aliphatic carbocycles. The number of aliphatic hydroxyl groups is 1. The van der Waals surface area contributed by atoms with Crippen LogP contribution in [0.1, 0.15) is 28.8 Å². The van der Waals surface area contributed by atoms with Crippen LogP contribution in [0.4, 0.5) is 0 Å². The van der Waals surface area contributed by atoms with Crippen LogP contribution in [0.2, 0.25) is 0 Å². The lowest BCUT2D eigenvalue weighted by Gasteiger charge is -2.02. The summed E-state index contributed by atoms with van der Waals surface area (Å²) in [7, 11) is 0. The summed E-state index contributed by atoms with van der Waals surface area (Å²) in [6, 6.07) is 0. The molecule has 1 saturated carbocycles. The fourth-order valence-electron chi connectivity index (χ4n) is 1.12. The number of rotatable bonds is 2. The molecule has 1 fully saturated rings. The summed E-state index contributed by atoms with van der Waals surface area (Å²) in [5.74, 6) is 0.501. The number of aromatic nitrogens is 1. The van der Waals surface area contributed by atoms with E-state index in [1.54, 1.807) is 11.3 Å². The van der Waals surface area contributed by atoms with Crippen molar-refractivity contribution in [2.75, 3.05) is 0 Å². The van der Waals surface area contributed by atoms with Gasteiger partial charge in [-0.1, -0.05) is 0 Å². The fourth-order valence-corrected chi connectivity index (χ4v) is 1.98. The summed E-state index contributed by atoms with van der Waals surface area (Å²) >= 11 is 1.60. The van der Waals surface area contributed by atoms with Crippen molar-refractivity contribution in [3.05, 3.63) is 16.1 Å². The molecule has 1 atom stereocenters. The minimum Gasteiger partial charge on any atom is -0.386 e. The minimum atomic E-state index is -0.284. The topological polar surface area (TPSA) is 33.1 Å². The van der Waals surface area contributed by atoms with Crippen molar-refractivity contribution in [1.29, 1.82) is 0 Å². The van der Waals surface area contributed by atoms with Gasteiger partial charge < -0.3 is 5.11 Å². The van der Waals surface area contributed by atoms with E-state index in [0.717, 1.165) is 5.01 Å². The molecule has 0 aliphatic heterocycles. The van der Waals surface area contributed by atoms with E-state index in [2.05, 4.69) is 4.98 Å². The quantitative estimate of drug-likeness (QED) is 0.733. The third-order valence-electron chi connectivity index (χ3n) is 1.96. The Balaban J connectivity index is 2.14. The van der Waals surface area contributed by atoms with Crippen LogP contribution in [0, 0.1) is 12.8 Å². The molecule has 1 unspecified atom stereocenters. The van der Waals surface area contributed by atoms with E-state index in [4.69, 9.17) is 0 Å². The summed E-state index contributed by atoms with van der Waals surface area (Å²) < 4.78 is 0. The van der Waals surface area contributed by atoms with Crippen LogP contribution in [0.25, 0.3) is 0 Å². The first-order chi connectivity index (χ1) is 5.27. The maximum absolute atomic E-state index is 9.62. The Morgan fingerprint density at radius 1 is 1.73 bits per heavy atom. The smallest absolute Gasteiger partial charge is 0.122 e. The zero-order valence-electron chi connectivity index (χ0n) is 6.45. The van der Waals surface area contributed by atoms with Gasteiger partial charge in [-0.3, -0.25) is 0 Å². The van der Waals surface area contributed by atoms with E-state index in [1.807, 2.05) is 13.1 Å². The van der Waals surface area contributed by atoms with Crippen LogP contribution in [0.3, 0.4) is 0 Å². The molecule has 0 spiro atoms. The van der Waals surface area contributed by atoms with Crippen LogP contribution >= 0.6 is 11.3 Å². The predicted octanol–water partition coefficient (Wildman–Crippen LogP) is 1.89. The average Bonchev–Trinajstić information content (AvgIpc) is 2.74. The number of hydrogen-bond acceptors (Lipinski definition) is 3. The van der Waals surface area contributed by atoms with Crippen LogP contribution in [0.5, 0.6) is 0 Å². The molecule has 2 rings (SSSR count). The van der Waals surface area contributed by atoms with Crippen molar-refractivity contribution in [3.63, 3.8) is 0 Å². The Kier molecular flexibility index (Phi) is 1.69. The molecular formula is C8H11NOS. The summed E-state index contributed by atoms with van der Waals surface area (Å²) in [6.45, 7) is 2.01. The highest BCUT2D eigenvalue weighted by atomic mass is 32.1. The third kappa shape index (κ3) is 1.44. The number of aryl methyl sites for hydroxylation is 1. The molecule has 0 amide bonds. The molecule has 1 aromatic rings. The van der Waals surface area contributed by atoms with Crippen molar-refractivity contribution in [3.8, 4) is 0 Å². The van der Waals surface area contributed by atoms with Crippen LogP contribution in [-0.4, -0.2) is 10.1 Å². The Labute approximate surface area is 69.9 Å². The van der Waals surface area contributed by atoms with Crippen molar-refractivity contribution in [2.24, 2.45) is 5.92 Å². The van der Waals surface area contributed by atoms with Gasteiger partial charge in [-0.2, -0.15) is 0 Å². The second-order valence-electron chi connectivity index (χ2n) is 3.09. The molecule has 1 N–H and O–H groups in total. The maximum Gasteiger partial charge on any atom is 0.122 e. The van der Waals surface area contributed by atoms with Crippen molar-refractivity contribution in [1.82, 2.24) is 4.98 Å². The molecule has 0 radical (unpaired) electrons.